The number of rotatable bonds is 10. The molecule has 2 fully saturated rings. The molecule has 0 bridgehead atoms. The maximum atomic E-state index is 13.1. The molecule has 8 nitrogen and oxygen atoms in total. The van der Waals surface area contributed by atoms with Gasteiger partial charge in [-0.05, 0) is 68.1 Å². The Balaban J connectivity index is 1.44. The van der Waals surface area contributed by atoms with E-state index in [9.17, 15) is 19.6 Å². The molecule has 2 aliphatic rings. The number of fused-ring (bicyclic) bond motifs is 1. The van der Waals surface area contributed by atoms with Crippen LogP contribution in [-0.2, 0) is 16.0 Å². The van der Waals surface area contributed by atoms with E-state index in [-0.39, 0.29) is 30.1 Å². The lowest BCUT2D eigenvalue weighted by atomic mass is 9.98. The number of H-pyrrole nitrogens is 1. The highest BCUT2D eigenvalue weighted by Crippen LogP contribution is 2.34. The monoisotopic (exact) mass is 463 g/mol. The molecule has 1 saturated heterocycles. The zero-order valence-corrected chi connectivity index (χ0v) is 19.8. The summed E-state index contributed by atoms with van der Waals surface area (Å²) in [5.74, 6) is -0.221. The molecule has 0 unspecified atom stereocenters. The second-order valence-electron chi connectivity index (χ2n) is 10.1. The second-order valence-corrected chi connectivity index (χ2v) is 10.1. The van der Waals surface area contributed by atoms with Crippen LogP contribution in [-0.4, -0.2) is 41.3 Å². The van der Waals surface area contributed by atoms with Crippen molar-refractivity contribution >= 4 is 28.6 Å². The summed E-state index contributed by atoms with van der Waals surface area (Å²) in [6.45, 7) is 4.54. The van der Waals surface area contributed by atoms with E-state index in [1.165, 1.54) is 18.4 Å². The average Bonchev–Trinajstić information content (AvgIpc) is 3.35. The summed E-state index contributed by atoms with van der Waals surface area (Å²) in [6, 6.07) is 8.45. The molecule has 0 radical (unpaired) electrons. The van der Waals surface area contributed by atoms with Gasteiger partial charge in [-0.1, -0.05) is 26.0 Å². The molecule has 3 amide bonds. The molecular formula is C26H33N5O3. The first-order valence-corrected chi connectivity index (χ1v) is 12.2. The Morgan fingerprint density at radius 2 is 2.00 bits per heavy atom. The molecule has 0 spiro atoms. The van der Waals surface area contributed by atoms with E-state index < -0.39 is 18.0 Å². The Hall–Kier alpha value is -3.34. The van der Waals surface area contributed by atoms with Gasteiger partial charge in [0.25, 0.3) is 5.91 Å². The summed E-state index contributed by atoms with van der Waals surface area (Å²) < 4.78 is 0. The number of carbonyl (C=O) groups is 3. The molecule has 1 aliphatic heterocycles. The van der Waals surface area contributed by atoms with E-state index in [2.05, 4.69) is 33.1 Å². The molecule has 4 N–H and O–H groups in total. The lowest BCUT2D eigenvalue weighted by Gasteiger charge is -2.22. The highest BCUT2D eigenvalue weighted by Gasteiger charge is 2.30. The minimum Gasteiger partial charge on any atom is -0.356 e. The molecule has 3 atom stereocenters. The van der Waals surface area contributed by atoms with Gasteiger partial charge in [0, 0.05) is 23.4 Å². The highest BCUT2D eigenvalue weighted by molar-refractivity contribution is 6.01. The molecular weight excluding hydrogens is 430 g/mol. The molecule has 1 aromatic heterocycles. The first-order chi connectivity index (χ1) is 16.3. The summed E-state index contributed by atoms with van der Waals surface area (Å²) in [5, 5.41) is 18.9. The van der Waals surface area contributed by atoms with Crippen molar-refractivity contribution in [3.63, 3.8) is 0 Å². The van der Waals surface area contributed by atoms with Crippen molar-refractivity contribution in [1.82, 2.24) is 20.9 Å². The molecule has 180 valence electrons. The van der Waals surface area contributed by atoms with E-state index in [0.717, 1.165) is 23.2 Å². The van der Waals surface area contributed by atoms with Crippen molar-refractivity contribution in [3.8, 4) is 6.07 Å². The van der Waals surface area contributed by atoms with Gasteiger partial charge in [0.15, 0.2) is 0 Å². The molecule has 8 heteroatoms. The van der Waals surface area contributed by atoms with Crippen LogP contribution in [0.4, 0.5) is 0 Å². The Labute approximate surface area is 199 Å². The third-order valence-corrected chi connectivity index (χ3v) is 6.69. The zero-order valence-electron chi connectivity index (χ0n) is 19.8. The highest BCUT2D eigenvalue weighted by atomic mass is 16.2. The summed E-state index contributed by atoms with van der Waals surface area (Å²) in [4.78, 5) is 41.2. The number of benzene rings is 1. The van der Waals surface area contributed by atoms with Crippen LogP contribution in [0.25, 0.3) is 10.9 Å². The van der Waals surface area contributed by atoms with Gasteiger partial charge in [-0.25, -0.2) is 0 Å². The molecule has 1 aromatic carbocycles. The van der Waals surface area contributed by atoms with E-state index in [1.807, 2.05) is 32.0 Å². The Kier molecular flexibility index (Phi) is 7.20. The van der Waals surface area contributed by atoms with Gasteiger partial charge >= 0.3 is 0 Å². The Morgan fingerprint density at radius 1 is 1.21 bits per heavy atom. The fraction of sp³-hybridized carbons (Fsp3) is 0.538. The fourth-order valence-electron chi connectivity index (χ4n) is 4.66. The maximum absolute atomic E-state index is 13.1. The van der Waals surface area contributed by atoms with Crippen LogP contribution in [0.15, 0.2) is 24.3 Å². The number of nitriles is 1. The number of amides is 3. The van der Waals surface area contributed by atoms with Gasteiger partial charge in [-0.2, -0.15) is 5.26 Å². The SMILES string of the molecule is CC(C)C[C@H](NC(=O)c1cc2c(CC3CC3)cccc2[nH]1)C(=O)N[C@H](C#N)C[C@@H]1CCNC1=O. The van der Waals surface area contributed by atoms with Crippen LogP contribution >= 0.6 is 0 Å². The predicted molar refractivity (Wildman–Crippen MR) is 129 cm³/mol. The lowest BCUT2D eigenvalue weighted by Crippen LogP contribution is -2.50. The van der Waals surface area contributed by atoms with Gasteiger partial charge in [0.1, 0.15) is 17.8 Å². The summed E-state index contributed by atoms with van der Waals surface area (Å²) in [7, 11) is 0. The minimum atomic E-state index is -0.786. The van der Waals surface area contributed by atoms with Gasteiger partial charge < -0.3 is 20.9 Å². The van der Waals surface area contributed by atoms with Crippen LogP contribution < -0.4 is 16.0 Å². The maximum Gasteiger partial charge on any atom is 0.268 e. The summed E-state index contributed by atoms with van der Waals surface area (Å²) >= 11 is 0. The van der Waals surface area contributed by atoms with Gasteiger partial charge in [0.2, 0.25) is 11.8 Å². The van der Waals surface area contributed by atoms with Crippen LogP contribution in [0.2, 0.25) is 0 Å². The first kappa shape index (κ1) is 23.8. The molecule has 2 heterocycles. The van der Waals surface area contributed by atoms with E-state index in [1.54, 1.807) is 0 Å². The van der Waals surface area contributed by atoms with E-state index >= 15 is 0 Å². The molecule has 1 aliphatic carbocycles. The molecule has 2 aromatic rings. The smallest absolute Gasteiger partial charge is 0.268 e. The van der Waals surface area contributed by atoms with E-state index in [0.29, 0.717) is 25.1 Å². The van der Waals surface area contributed by atoms with Gasteiger partial charge in [0.05, 0.1) is 6.07 Å². The van der Waals surface area contributed by atoms with Gasteiger partial charge in [-0.15, -0.1) is 0 Å². The second kappa shape index (κ2) is 10.3. The number of carbonyl (C=O) groups excluding carboxylic acids is 3. The summed E-state index contributed by atoms with van der Waals surface area (Å²) in [5.41, 5.74) is 2.56. The lowest BCUT2D eigenvalue weighted by molar-refractivity contribution is -0.125. The number of hydrogen-bond donors (Lipinski definition) is 4. The standard InChI is InChI=1S/C26H33N5O3/c1-15(2)10-22(25(33)29-19(14-27)12-18-8-9-28-24(18)32)31-26(34)23-13-20-17(11-16-6-7-16)4-3-5-21(20)30-23/h3-5,13,15-16,18-19,22,30H,6-12H2,1-2H3,(H,28,32)(H,29,33)(H,31,34)/t18-,19-,22-/m0/s1. The van der Waals surface area contributed by atoms with Crippen molar-refractivity contribution in [3.05, 3.63) is 35.5 Å². The largest absolute Gasteiger partial charge is 0.356 e. The number of aromatic nitrogens is 1. The van der Waals surface area contributed by atoms with Crippen molar-refractivity contribution in [2.75, 3.05) is 6.54 Å². The minimum absolute atomic E-state index is 0.0820. The number of nitrogens with zero attached hydrogens (tertiary/aromatic N) is 1. The third kappa shape index (κ3) is 5.77. The Morgan fingerprint density at radius 3 is 2.65 bits per heavy atom. The van der Waals surface area contributed by atoms with Crippen LogP contribution in [0.5, 0.6) is 0 Å². The normalized spacial score (nSPS) is 19.5. The van der Waals surface area contributed by atoms with Crippen LogP contribution in [0.1, 0.15) is 62.0 Å². The van der Waals surface area contributed by atoms with Crippen molar-refractivity contribution < 1.29 is 14.4 Å². The van der Waals surface area contributed by atoms with Crippen molar-refractivity contribution in [2.45, 2.75) is 64.5 Å². The molecule has 4 rings (SSSR count). The van der Waals surface area contributed by atoms with Crippen LogP contribution in [0.3, 0.4) is 0 Å². The molecule has 34 heavy (non-hydrogen) atoms. The predicted octanol–water partition coefficient (Wildman–Crippen LogP) is 2.80. The van der Waals surface area contributed by atoms with Crippen molar-refractivity contribution in [2.24, 2.45) is 17.8 Å². The number of hydrogen-bond acceptors (Lipinski definition) is 4. The quantitative estimate of drug-likeness (QED) is 0.432. The first-order valence-electron chi connectivity index (χ1n) is 12.2. The van der Waals surface area contributed by atoms with Gasteiger partial charge in [-0.3, -0.25) is 14.4 Å². The third-order valence-electron chi connectivity index (χ3n) is 6.69. The summed E-state index contributed by atoms with van der Waals surface area (Å²) in [6.07, 6.45) is 4.89. The topological polar surface area (TPSA) is 127 Å². The average molecular weight is 464 g/mol. The zero-order chi connectivity index (χ0) is 24.2. The fourth-order valence-corrected chi connectivity index (χ4v) is 4.66. The number of nitrogens with one attached hydrogen (secondary N) is 4. The Bertz CT molecular complexity index is 1110. The number of aromatic amines is 1. The van der Waals surface area contributed by atoms with Crippen molar-refractivity contribution in [1.29, 1.82) is 5.26 Å². The molecule has 1 saturated carbocycles. The van der Waals surface area contributed by atoms with Crippen LogP contribution in [0, 0.1) is 29.1 Å². The van der Waals surface area contributed by atoms with E-state index in [4.69, 9.17) is 0 Å².